The monoisotopic (exact) mass is 368 g/mol. The van der Waals surface area contributed by atoms with Gasteiger partial charge in [-0.3, -0.25) is 14.6 Å². The summed E-state index contributed by atoms with van der Waals surface area (Å²) >= 11 is 3.60. The predicted octanol–water partition coefficient (Wildman–Crippen LogP) is 3.13. The van der Waals surface area contributed by atoms with E-state index in [4.69, 9.17) is 5.11 Å². The maximum atomic E-state index is 10.8. The average molecular weight is 369 g/mol. The highest BCUT2D eigenvalue weighted by Crippen LogP contribution is 2.21. The minimum Gasteiger partial charge on any atom is -0.480 e. The Balaban J connectivity index is 1.89. The van der Waals surface area contributed by atoms with Crippen LogP contribution in [0.5, 0.6) is 0 Å². The molecule has 1 aromatic carbocycles. The number of carbonyl (C=O) groups is 1. The molecule has 1 N–H and O–H groups in total. The maximum absolute atomic E-state index is 10.8. The zero-order chi connectivity index (χ0) is 16.1. The number of nitrogens with zero attached hydrogens (tertiary/aromatic N) is 2. The van der Waals surface area contributed by atoms with Crippen LogP contribution in [0.1, 0.15) is 30.4 Å². The van der Waals surface area contributed by atoms with Crippen molar-refractivity contribution in [2.24, 2.45) is 0 Å². The number of hydrogen-bond acceptors (Lipinski definition) is 3. The van der Waals surface area contributed by atoms with Gasteiger partial charge >= 0.3 is 5.97 Å². The molecule has 0 amide bonds. The summed E-state index contributed by atoms with van der Waals surface area (Å²) in [6, 6.07) is 6.93. The lowest BCUT2D eigenvalue weighted by atomic mass is 10.1. The molecule has 2 rings (SSSR count). The molecule has 1 aliphatic rings. The second kappa shape index (κ2) is 8.09. The third kappa shape index (κ3) is 5.07. The Kier molecular flexibility index (Phi) is 6.41. The van der Waals surface area contributed by atoms with Gasteiger partial charge < -0.3 is 5.11 Å². The van der Waals surface area contributed by atoms with Crippen molar-refractivity contribution in [3.8, 4) is 0 Å². The standard InChI is InChI=1S/C17H25BrN2O2/c1-13-5-6-14(10-16(13)18)11-20-8-3-4-15(7-9-20)19(2)12-17(21)22/h5-6,10,15H,3-4,7-9,11-12H2,1-2H3,(H,21,22). The number of halogens is 1. The van der Waals surface area contributed by atoms with Crippen LogP contribution in [0.15, 0.2) is 22.7 Å². The van der Waals surface area contributed by atoms with E-state index in [1.54, 1.807) is 0 Å². The van der Waals surface area contributed by atoms with Crippen LogP contribution < -0.4 is 0 Å². The Morgan fingerprint density at radius 2 is 2.18 bits per heavy atom. The summed E-state index contributed by atoms with van der Waals surface area (Å²) < 4.78 is 1.17. The van der Waals surface area contributed by atoms with Gasteiger partial charge in [-0.15, -0.1) is 0 Å². The summed E-state index contributed by atoms with van der Waals surface area (Å²) in [6.07, 6.45) is 3.25. The molecule has 122 valence electrons. The van der Waals surface area contributed by atoms with Gasteiger partial charge in [0.05, 0.1) is 6.54 Å². The first-order valence-corrected chi connectivity index (χ1v) is 8.64. The number of rotatable bonds is 5. The highest BCUT2D eigenvalue weighted by molar-refractivity contribution is 9.10. The van der Waals surface area contributed by atoms with Gasteiger partial charge in [0, 0.05) is 17.1 Å². The van der Waals surface area contributed by atoms with Crippen molar-refractivity contribution in [2.75, 3.05) is 26.7 Å². The van der Waals surface area contributed by atoms with Gasteiger partial charge in [0.2, 0.25) is 0 Å². The van der Waals surface area contributed by atoms with Gasteiger partial charge in [-0.05, 0) is 63.5 Å². The highest BCUT2D eigenvalue weighted by Gasteiger charge is 2.21. The lowest BCUT2D eigenvalue weighted by Gasteiger charge is -2.25. The molecule has 1 saturated heterocycles. The average Bonchev–Trinajstić information content (AvgIpc) is 2.68. The number of carboxylic acid groups (broad SMARTS) is 1. The molecule has 1 unspecified atom stereocenters. The van der Waals surface area contributed by atoms with Gasteiger partial charge in [0.25, 0.3) is 0 Å². The number of likely N-dealkylation sites (tertiary alicyclic amines) is 1. The topological polar surface area (TPSA) is 43.8 Å². The first-order chi connectivity index (χ1) is 10.5. The van der Waals surface area contributed by atoms with Crippen molar-refractivity contribution < 1.29 is 9.90 Å². The number of likely N-dealkylation sites (N-methyl/N-ethyl adjacent to an activating group) is 1. The highest BCUT2D eigenvalue weighted by atomic mass is 79.9. The Morgan fingerprint density at radius 3 is 2.86 bits per heavy atom. The summed E-state index contributed by atoms with van der Waals surface area (Å²) in [5, 5.41) is 8.92. The van der Waals surface area contributed by atoms with E-state index in [1.807, 2.05) is 11.9 Å². The largest absolute Gasteiger partial charge is 0.480 e. The van der Waals surface area contributed by atoms with Crippen molar-refractivity contribution >= 4 is 21.9 Å². The predicted molar refractivity (Wildman–Crippen MR) is 92.1 cm³/mol. The molecule has 4 nitrogen and oxygen atoms in total. The molecule has 0 aliphatic carbocycles. The third-order valence-electron chi connectivity index (χ3n) is 4.44. The lowest BCUT2D eigenvalue weighted by Crippen LogP contribution is -2.36. The van der Waals surface area contributed by atoms with Crippen LogP contribution in [0.25, 0.3) is 0 Å². The summed E-state index contributed by atoms with van der Waals surface area (Å²) in [5.74, 6) is -0.742. The third-order valence-corrected chi connectivity index (χ3v) is 5.30. The Morgan fingerprint density at radius 1 is 1.41 bits per heavy atom. The van der Waals surface area contributed by atoms with Crippen LogP contribution in [0.2, 0.25) is 0 Å². The van der Waals surface area contributed by atoms with Crippen LogP contribution in [-0.4, -0.2) is 53.6 Å². The number of hydrogen-bond donors (Lipinski definition) is 1. The van der Waals surface area contributed by atoms with Crippen molar-refractivity contribution in [3.63, 3.8) is 0 Å². The molecule has 1 fully saturated rings. The van der Waals surface area contributed by atoms with E-state index < -0.39 is 5.97 Å². The van der Waals surface area contributed by atoms with Crippen LogP contribution in [-0.2, 0) is 11.3 Å². The van der Waals surface area contributed by atoms with E-state index in [1.165, 1.54) is 15.6 Å². The van der Waals surface area contributed by atoms with E-state index in [2.05, 4.69) is 46.0 Å². The fourth-order valence-corrected chi connectivity index (χ4v) is 3.50. The van der Waals surface area contributed by atoms with Crippen molar-refractivity contribution in [3.05, 3.63) is 33.8 Å². The Bertz CT molecular complexity index is 521. The zero-order valence-corrected chi connectivity index (χ0v) is 15.0. The molecule has 22 heavy (non-hydrogen) atoms. The second-order valence-electron chi connectivity index (χ2n) is 6.25. The first kappa shape index (κ1) is 17.4. The van der Waals surface area contributed by atoms with Crippen molar-refractivity contribution in [1.82, 2.24) is 9.80 Å². The maximum Gasteiger partial charge on any atom is 0.317 e. The molecule has 1 heterocycles. The van der Waals surface area contributed by atoms with Crippen LogP contribution in [0.4, 0.5) is 0 Å². The summed E-state index contributed by atoms with van der Waals surface area (Å²) in [6.45, 7) is 5.32. The molecular formula is C17H25BrN2O2. The number of aryl methyl sites for hydroxylation is 1. The quantitative estimate of drug-likeness (QED) is 0.866. The fourth-order valence-electron chi connectivity index (χ4n) is 3.07. The van der Waals surface area contributed by atoms with Gasteiger partial charge in [0.15, 0.2) is 0 Å². The van der Waals surface area contributed by atoms with E-state index in [9.17, 15) is 4.79 Å². The zero-order valence-electron chi connectivity index (χ0n) is 13.4. The van der Waals surface area contributed by atoms with Crippen LogP contribution in [0.3, 0.4) is 0 Å². The van der Waals surface area contributed by atoms with Crippen LogP contribution in [0, 0.1) is 6.92 Å². The van der Waals surface area contributed by atoms with Gasteiger partial charge in [-0.1, -0.05) is 28.1 Å². The van der Waals surface area contributed by atoms with E-state index >= 15 is 0 Å². The summed E-state index contributed by atoms with van der Waals surface area (Å²) in [7, 11) is 1.92. The number of benzene rings is 1. The summed E-state index contributed by atoms with van der Waals surface area (Å²) in [5.41, 5.74) is 2.59. The van der Waals surface area contributed by atoms with E-state index in [0.29, 0.717) is 6.04 Å². The Hall–Kier alpha value is -0.910. The van der Waals surface area contributed by atoms with Gasteiger partial charge in [0.1, 0.15) is 0 Å². The number of carboxylic acids is 1. The molecule has 0 radical (unpaired) electrons. The van der Waals surface area contributed by atoms with Crippen molar-refractivity contribution in [2.45, 2.75) is 38.8 Å². The van der Waals surface area contributed by atoms with Gasteiger partial charge in [-0.25, -0.2) is 0 Å². The van der Waals surface area contributed by atoms with Crippen molar-refractivity contribution in [1.29, 1.82) is 0 Å². The lowest BCUT2D eigenvalue weighted by molar-refractivity contribution is -0.138. The molecule has 5 heteroatoms. The number of aliphatic carboxylic acids is 1. The van der Waals surface area contributed by atoms with Gasteiger partial charge in [-0.2, -0.15) is 0 Å². The molecular weight excluding hydrogens is 344 g/mol. The molecule has 0 bridgehead atoms. The molecule has 1 aromatic rings. The smallest absolute Gasteiger partial charge is 0.317 e. The minimum absolute atomic E-state index is 0.134. The molecule has 0 spiro atoms. The molecule has 0 aromatic heterocycles. The second-order valence-corrected chi connectivity index (χ2v) is 7.11. The van der Waals surface area contributed by atoms with E-state index in [-0.39, 0.29) is 6.54 Å². The molecule has 1 aliphatic heterocycles. The molecule has 0 saturated carbocycles. The van der Waals surface area contributed by atoms with Crippen LogP contribution >= 0.6 is 15.9 Å². The Labute approximate surface area is 141 Å². The molecule has 1 atom stereocenters. The minimum atomic E-state index is -0.742. The van der Waals surface area contributed by atoms with E-state index in [0.717, 1.165) is 38.9 Å². The SMILES string of the molecule is Cc1ccc(CN2CCCC(N(C)CC(=O)O)CC2)cc1Br. The first-order valence-electron chi connectivity index (χ1n) is 7.85. The summed E-state index contributed by atoms with van der Waals surface area (Å²) in [4.78, 5) is 15.3. The fraction of sp³-hybridized carbons (Fsp3) is 0.588. The normalized spacial score (nSPS) is 20.1.